The van der Waals surface area contributed by atoms with Gasteiger partial charge in [-0.15, -0.1) is 0 Å². The van der Waals surface area contributed by atoms with Crippen LogP contribution in [0.5, 0.6) is 0 Å². The van der Waals surface area contributed by atoms with Gasteiger partial charge in [-0.3, -0.25) is 0 Å². The van der Waals surface area contributed by atoms with Crippen LogP contribution in [0, 0.1) is 0 Å². The molecule has 11 rings (SSSR count). The van der Waals surface area contributed by atoms with Crippen LogP contribution in [0.1, 0.15) is 22.3 Å². The van der Waals surface area contributed by atoms with E-state index in [2.05, 4.69) is 217 Å². The van der Waals surface area contributed by atoms with Gasteiger partial charge in [-0.05, 0) is 101 Å². The van der Waals surface area contributed by atoms with Crippen LogP contribution < -0.4 is 4.90 Å². The molecule has 252 valence electrons. The van der Waals surface area contributed by atoms with Crippen LogP contribution in [0.3, 0.4) is 0 Å². The van der Waals surface area contributed by atoms with Crippen molar-refractivity contribution in [3.8, 4) is 11.1 Å². The monoisotopic (exact) mass is 685 g/mol. The average molecular weight is 686 g/mol. The highest BCUT2D eigenvalue weighted by Crippen LogP contribution is 2.56. The van der Waals surface area contributed by atoms with Crippen LogP contribution in [-0.2, 0) is 5.41 Å². The Hall–Kier alpha value is -6.96. The maximum Gasteiger partial charge on any atom is 0.0714 e. The van der Waals surface area contributed by atoms with Gasteiger partial charge >= 0.3 is 0 Å². The SMILES string of the molecule is c1ccc(C2(c3ccc(N(c4ccc(-c5cccc6ccccc56)cc4)c4cccc5ccccc45)cc3)c3cccc4ccc5cccc2c5c34)cc1. The van der Waals surface area contributed by atoms with Crippen molar-refractivity contribution in [1.82, 2.24) is 0 Å². The van der Waals surface area contributed by atoms with Gasteiger partial charge in [0.05, 0.1) is 11.1 Å². The summed E-state index contributed by atoms with van der Waals surface area (Å²) in [5.41, 5.74) is 10.6. The van der Waals surface area contributed by atoms with E-state index in [1.807, 2.05) is 0 Å². The molecule has 0 unspecified atom stereocenters. The lowest BCUT2D eigenvalue weighted by Gasteiger charge is -2.35. The maximum absolute atomic E-state index is 2.42. The zero-order valence-corrected chi connectivity index (χ0v) is 29.7. The standard InChI is InChI=1S/C53H35N/c1-2-18-41(19-3-1)53(48-23-9-16-39-26-27-40-17-10-24-49(53)52(40)51(39)48)42-30-34-44(35-31-42)54(50-25-11-15-37-13-5-7-21-47(37)50)43-32-28-38(29-33-43)46-22-8-14-36-12-4-6-20-45(36)46/h1-35H. The molecule has 1 aliphatic rings. The third-order valence-electron chi connectivity index (χ3n) is 11.7. The molecule has 0 saturated carbocycles. The van der Waals surface area contributed by atoms with E-state index in [1.54, 1.807) is 0 Å². The first-order chi connectivity index (χ1) is 26.8. The molecule has 0 saturated heterocycles. The summed E-state index contributed by atoms with van der Waals surface area (Å²) in [6.07, 6.45) is 0. The van der Waals surface area contributed by atoms with E-state index in [4.69, 9.17) is 0 Å². The van der Waals surface area contributed by atoms with Gasteiger partial charge in [0.2, 0.25) is 0 Å². The minimum absolute atomic E-state index is 0.452. The molecule has 10 aromatic carbocycles. The van der Waals surface area contributed by atoms with Gasteiger partial charge in [0.15, 0.2) is 0 Å². The highest BCUT2D eigenvalue weighted by atomic mass is 15.1. The molecule has 0 atom stereocenters. The van der Waals surface area contributed by atoms with E-state index in [0.717, 1.165) is 17.1 Å². The minimum Gasteiger partial charge on any atom is -0.310 e. The normalized spacial score (nSPS) is 13.0. The first kappa shape index (κ1) is 30.6. The van der Waals surface area contributed by atoms with E-state index < -0.39 is 5.41 Å². The second-order valence-electron chi connectivity index (χ2n) is 14.4. The summed E-state index contributed by atoms with van der Waals surface area (Å²) in [4.78, 5) is 2.42. The average Bonchev–Trinajstić information content (AvgIpc) is 3.56. The van der Waals surface area contributed by atoms with Crippen molar-refractivity contribution in [3.63, 3.8) is 0 Å². The topological polar surface area (TPSA) is 3.24 Å². The van der Waals surface area contributed by atoms with E-state index in [1.165, 1.54) is 76.5 Å². The minimum atomic E-state index is -0.452. The Bertz CT molecular complexity index is 2960. The van der Waals surface area contributed by atoms with Crippen LogP contribution in [0.25, 0.3) is 54.2 Å². The molecule has 10 aromatic rings. The van der Waals surface area contributed by atoms with Crippen molar-refractivity contribution in [2.75, 3.05) is 4.90 Å². The molecule has 0 N–H and O–H groups in total. The molecule has 1 nitrogen and oxygen atoms in total. The van der Waals surface area contributed by atoms with E-state index in [9.17, 15) is 0 Å². The van der Waals surface area contributed by atoms with Crippen LogP contribution in [0.15, 0.2) is 212 Å². The molecule has 0 bridgehead atoms. The highest BCUT2D eigenvalue weighted by Gasteiger charge is 2.44. The van der Waals surface area contributed by atoms with Gasteiger partial charge in [-0.1, -0.05) is 182 Å². The van der Waals surface area contributed by atoms with Gasteiger partial charge in [0, 0.05) is 16.8 Å². The van der Waals surface area contributed by atoms with Crippen LogP contribution in [0.2, 0.25) is 0 Å². The summed E-state index contributed by atoms with van der Waals surface area (Å²) < 4.78 is 0. The number of hydrogen-bond donors (Lipinski definition) is 0. The van der Waals surface area contributed by atoms with Crippen LogP contribution in [0.4, 0.5) is 17.1 Å². The molecular formula is C53H35N. The lowest BCUT2D eigenvalue weighted by Crippen LogP contribution is -2.28. The molecule has 1 heteroatoms. The molecule has 0 aromatic heterocycles. The number of anilines is 3. The van der Waals surface area contributed by atoms with Gasteiger partial charge < -0.3 is 4.90 Å². The van der Waals surface area contributed by atoms with Crippen LogP contribution >= 0.6 is 0 Å². The Kier molecular flexibility index (Phi) is 6.84. The fourth-order valence-corrected chi connectivity index (χ4v) is 9.36. The number of nitrogens with zero attached hydrogens (tertiary/aromatic N) is 1. The molecule has 54 heavy (non-hydrogen) atoms. The van der Waals surface area contributed by atoms with E-state index in [-0.39, 0.29) is 0 Å². The van der Waals surface area contributed by atoms with E-state index >= 15 is 0 Å². The molecule has 0 amide bonds. The second-order valence-corrected chi connectivity index (χ2v) is 14.4. The summed E-state index contributed by atoms with van der Waals surface area (Å²) >= 11 is 0. The maximum atomic E-state index is 2.42. The highest BCUT2D eigenvalue weighted by molar-refractivity contribution is 6.16. The smallest absolute Gasteiger partial charge is 0.0714 e. The summed E-state index contributed by atoms with van der Waals surface area (Å²) in [7, 11) is 0. The fourth-order valence-electron chi connectivity index (χ4n) is 9.36. The van der Waals surface area contributed by atoms with Crippen molar-refractivity contribution >= 4 is 60.2 Å². The van der Waals surface area contributed by atoms with Crippen molar-refractivity contribution in [2.45, 2.75) is 5.41 Å². The lowest BCUT2D eigenvalue weighted by molar-refractivity contribution is 0.771. The van der Waals surface area contributed by atoms with Crippen molar-refractivity contribution < 1.29 is 0 Å². The number of rotatable bonds is 6. The predicted molar refractivity (Wildman–Crippen MR) is 228 cm³/mol. The summed E-state index contributed by atoms with van der Waals surface area (Å²) in [5.74, 6) is 0. The molecular weight excluding hydrogens is 651 g/mol. The third-order valence-corrected chi connectivity index (χ3v) is 11.7. The van der Waals surface area contributed by atoms with Gasteiger partial charge in [0.1, 0.15) is 0 Å². The largest absolute Gasteiger partial charge is 0.310 e. The Morgan fingerprint density at radius 2 is 0.796 bits per heavy atom. The number of hydrogen-bond acceptors (Lipinski definition) is 1. The van der Waals surface area contributed by atoms with Gasteiger partial charge in [-0.25, -0.2) is 0 Å². The molecule has 0 fully saturated rings. The van der Waals surface area contributed by atoms with Gasteiger partial charge in [0.25, 0.3) is 0 Å². The molecule has 0 aliphatic heterocycles. The summed E-state index contributed by atoms with van der Waals surface area (Å²) in [5, 5.41) is 10.3. The second kappa shape index (κ2) is 12.0. The quantitative estimate of drug-likeness (QED) is 0.158. The first-order valence-corrected chi connectivity index (χ1v) is 18.8. The number of benzene rings is 10. The summed E-state index contributed by atoms with van der Waals surface area (Å²) in [6.45, 7) is 0. The van der Waals surface area contributed by atoms with Crippen molar-refractivity contribution in [1.29, 1.82) is 0 Å². The Morgan fingerprint density at radius 1 is 0.315 bits per heavy atom. The van der Waals surface area contributed by atoms with E-state index in [0.29, 0.717) is 0 Å². The molecule has 0 spiro atoms. The zero-order valence-electron chi connectivity index (χ0n) is 29.7. The Labute approximate surface area is 315 Å². The van der Waals surface area contributed by atoms with Gasteiger partial charge in [-0.2, -0.15) is 0 Å². The molecule has 1 aliphatic carbocycles. The van der Waals surface area contributed by atoms with Crippen molar-refractivity contribution in [3.05, 3.63) is 235 Å². The van der Waals surface area contributed by atoms with Crippen LogP contribution in [-0.4, -0.2) is 0 Å². The molecule has 0 radical (unpaired) electrons. The molecule has 0 heterocycles. The third kappa shape index (κ3) is 4.45. The summed E-state index contributed by atoms with van der Waals surface area (Å²) in [6, 6.07) is 78.3. The number of fused-ring (bicyclic) bond motifs is 2. The Balaban J connectivity index is 1.10. The van der Waals surface area contributed by atoms with Crippen molar-refractivity contribution in [2.24, 2.45) is 0 Å². The predicted octanol–water partition coefficient (Wildman–Crippen LogP) is 14.1. The fraction of sp³-hybridized carbons (Fsp3) is 0.0189. The first-order valence-electron chi connectivity index (χ1n) is 18.8. The zero-order chi connectivity index (χ0) is 35.6. The lowest BCUT2D eigenvalue weighted by atomic mass is 9.67. The Morgan fingerprint density at radius 3 is 1.46 bits per heavy atom.